The summed E-state index contributed by atoms with van der Waals surface area (Å²) in [6.07, 6.45) is 0. The summed E-state index contributed by atoms with van der Waals surface area (Å²) in [7, 11) is 0. The number of nitrogens with zero attached hydrogens (tertiary/aromatic N) is 3. The fraction of sp³-hybridized carbons (Fsp3) is 0. The van der Waals surface area contributed by atoms with E-state index in [2.05, 4.69) is 200 Å². The van der Waals surface area contributed by atoms with Gasteiger partial charge in [0.1, 0.15) is 0 Å². The van der Waals surface area contributed by atoms with Gasteiger partial charge in [0.25, 0.3) is 0 Å². The summed E-state index contributed by atoms with van der Waals surface area (Å²) in [5, 5.41) is 8.40. The quantitative estimate of drug-likeness (QED) is 0.160. The smallest absolute Gasteiger partial charge is 0.160 e. The molecule has 0 unspecified atom stereocenters. The SMILES string of the molecule is c1ccc(-c2ccc(-c3cc(-c4ccc(-c5ccccc5)cc4)nc(-c4cccc(-c5nc6ccccc6c6c7ccccc7c7ccccc7c56)c4)n3)cc2)cc1. The van der Waals surface area contributed by atoms with E-state index in [0.717, 1.165) is 55.6 Å². The third kappa shape index (κ3) is 5.89. The highest BCUT2D eigenvalue weighted by molar-refractivity contribution is 6.33. The summed E-state index contributed by atoms with van der Waals surface area (Å²) in [6, 6.07) is 75.0. The van der Waals surface area contributed by atoms with Gasteiger partial charge in [-0.3, -0.25) is 0 Å². The molecule has 0 aliphatic rings. The van der Waals surface area contributed by atoms with Gasteiger partial charge in [0.2, 0.25) is 0 Å². The average Bonchev–Trinajstić information content (AvgIpc) is 3.31. The van der Waals surface area contributed by atoms with Crippen LogP contribution in [0, 0.1) is 0 Å². The second kappa shape index (κ2) is 14.1. The summed E-state index contributed by atoms with van der Waals surface area (Å²) < 4.78 is 0. The van der Waals surface area contributed by atoms with Crippen LogP contribution in [0.5, 0.6) is 0 Å². The first-order valence-electron chi connectivity index (χ1n) is 19.7. The first kappa shape index (κ1) is 33.6. The van der Waals surface area contributed by atoms with Crippen molar-refractivity contribution >= 4 is 43.2 Å². The highest BCUT2D eigenvalue weighted by Crippen LogP contribution is 2.43. The lowest BCUT2D eigenvalue weighted by Crippen LogP contribution is -1.97. The van der Waals surface area contributed by atoms with Crippen LogP contribution in [0.4, 0.5) is 0 Å². The third-order valence-electron chi connectivity index (χ3n) is 11.3. The number of benzene rings is 9. The topological polar surface area (TPSA) is 38.7 Å². The Morgan fingerprint density at radius 3 is 1.22 bits per heavy atom. The zero-order valence-corrected chi connectivity index (χ0v) is 31.5. The number of fused-ring (bicyclic) bond motifs is 8. The van der Waals surface area contributed by atoms with E-state index in [1.807, 2.05) is 12.1 Å². The minimum Gasteiger partial charge on any atom is -0.247 e. The predicted octanol–water partition coefficient (Wildman–Crippen LogP) is 14.5. The molecule has 0 amide bonds. The lowest BCUT2D eigenvalue weighted by atomic mass is 9.90. The van der Waals surface area contributed by atoms with Crippen molar-refractivity contribution in [3.8, 4) is 67.4 Å². The molecule has 0 aliphatic carbocycles. The highest BCUT2D eigenvalue weighted by Gasteiger charge is 2.19. The van der Waals surface area contributed by atoms with Crippen molar-refractivity contribution in [3.05, 3.63) is 212 Å². The normalized spacial score (nSPS) is 11.4. The third-order valence-corrected chi connectivity index (χ3v) is 11.3. The van der Waals surface area contributed by atoms with Crippen molar-refractivity contribution in [2.75, 3.05) is 0 Å². The Morgan fingerprint density at radius 1 is 0.241 bits per heavy atom. The van der Waals surface area contributed by atoms with Gasteiger partial charge in [-0.1, -0.05) is 194 Å². The zero-order chi connectivity index (χ0) is 38.4. The molecule has 0 saturated carbocycles. The maximum absolute atomic E-state index is 5.42. The van der Waals surface area contributed by atoms with E-state index in [9.17, 15) is 0 Å². The molecule has 9 aromatic carbocycles. The molecule has 270 valence electrons. The Hall–Kier alpha value is -7.75. The first-order valence-corrected chi connectivity index (χ1v) is 19.7. The largest absolute Gasteiger partial charge is 0.247 e. The van der Waals surface area contributed by atoms with Crippen LogP contribution in [0.2, 0.25) is 0 Å². The summed E-state index contributed by atoms with van der Waals surface area (Å²) >= 11 is 0. The van der Waals surface area contributed by atoms with Crippen LogP contribution in [-0.2, 0) is 0 Å². The molecule has 2 aromatic heterocycles. The molecule has 0 atom stereocenters. The van der Waals surface area contributed by atoms with Gasteiger partial charge in [0.05, 0.1) is 22.6 Å². The highest BCUT2D eigenvalue weighted by atomic mass is 14.9. The molecular weight excluding hydrogens is 703 g/mol. The fourth-order valence-electron chi connectivity index (χ4n) is 8.44. The van der Waals surface area contributed by atoms with Crippen LogP contribution in [0.15, 0.2) is 212 Å². The second-order valence-electron chi connectivity index (χ2n) is 14.7. The molecule has 0 aliphatic heterocycles. The molecular formula is C55H35N3. The Bertz CT molecular complexity index is 3200. The maximum Gasteiger partial charge on any atom is 0.160 e. The summed E-state index contributed by atoms with van der Waals surface area (Å²) in [6.45, 7) is 0. The van der Waals surface area contributed by atoms with E-state index in [-0.39, 0.29) is 0 Å². The minimum atomic E-state index is 0.661. The summed E-state index contributed by atoms with van der Waals surface area (Å²) in [5.41, 5.74) is 12.3. The number of pyridine rings is 1. The Kier molecular flexibility index (Phi) is 8.15. The van der Waals surface area contributed by atoms with Gasteiger partial charge in [-0.2, -0.15) is 0 Å². The number of rotatable bonds is 6. The molecule has 0 radical (unpaired) electrons. The van der Waals surface area contributed by atoms with E-state index < -0.39 is 0 Å². The Labute approximate surface area is 336 Å². The van der Waals surface area contributed by atoms with Crippen molar-refractivity contribution in [3.63, 3.8) is 0 Å². The zero-order valence-electron chi connectivity index (χ0n) is 31.5. The van der Waals surface area contributed by atoms with Crippen LogP contribution < -0.4 is 0 Å². The molecule has 0 fully saturated rings. The van der Waals surface area contributed by atoms with Crippen LogP contribution in [0.25, 0.3) is 111 Å². The van der Waals surface area contributed by atoms with Crippen LogP contribution in [-0.4, -0.2) is 15.0 Å². The number of hydrogen-bond donors (Lipinski definition) is 0. The van der Waals surface area contributed by atoms with Crippen molar-refractivity contribution < 1.29 is 0 Å². The molecule has 0 N–H and O–H groups in total. The molecule has 2 heterocycles. The van der Waals surface area contributed by atoms with Crippen molar-refractivity contribution in [1.29, 1.82) is 0 Å². The van der Waals surface area contributed by atoms with Crippen LogP contribution >= 0.6 is 0 Å². The van der Waals surface area contributed by atoms with E-state index in [1.54, 1.807) is 0 Å². The van der Waals surface area contributed by atoms with E-state index in [1.165, 1.54) is 49.2 Å². The summed E-state index contributed by atoms with van der Waals surface area (Å²) in [5.74, 6) is 0.661. The first-order chi connectivity index (χ1) is 28.7. The molecule has 11 rings (SSSR count). The number of hydrogen-bond acceptors (Lipinski definition) is 3. The van der Waals surface area contributed by atoms with Gasteiger partial charge in [-0.25, -0.2) is 15.0 Å². The van der Waals surface area contributed by atoms with E-state index >= 15 is 0 Å². The molecule has 0 bridgehead atoms. The van der Waals surface area contributed by atoms with Gasteiger partial charge in [-0.05, 0) is 62.0 Å². The maximum atomic E-state index is 5.42. The molecule has 11 aromatic rings. The molecule has 0 saturated heterocycles. The molecule has 58 heavy (non-hydrogen) atoms. The number of para-hydroxylation sites is 1. The van der Waals surface area contributed by atoms with Crippen molar-refractivity contribution in [1.82, 2.24) is 15.0 Å². The van der Waals surface area contributed by atoms with Crippen LogP contribution in [0.1, 0.15) is 0 Å². The van der Waals surface area contributed by atoms with Gasteiger partial charge in [0.15, 0.2) is 5.82 Å². The van der Waals surface area contributed by atoms with E-state index in [4.69, 9.17) is 15.0 Å². The lowest BCUT2D eigenvalue weighted by Gasteiger charge is -2.16. The number of aromatic nitrogens is 3. The van der Waals surface area contributed by atoms with Crippen LogP contribution in [0.3, 0.4) is 0 Å². The molecule has 0 spiro atoms. The van der Waals surface area contributed by atoms with E-state index in [0.29, 0.717) is 5.82 Å². The monoisotopic (exact) mass is 737 g/mol. The lowest BCUT2D eigenvalue weighted by molar-refractivity contribution is 1.18. The predicted molar refractivity (Wildman–Crippen MR) is 242 cm³/mol. The van der Waals surface area contributed by atoms with Gasteiger partial charge < -0.3 is 0 Å². The average molecular weight is 738 g/mol. The molecule has 3 heteroatoms. The Balaban J connectivity index is 1.10. The Morgan fingerprint density at radius 2 is 0.655 bits per heavy atom. The van der Waals surface area contributed by atoms with Gasteiger partial charge in [0, 0.05) is 38.4 Å². The van der Waals surface area contributed by atoms with Crippen molar-refractivity contribution in [2.45, 2.75) is 0 Å². The van der Waals surface area contributed by atoms with Gasteiger partial charge in [-0.15, -0.1) is 0 Å². The summed E-state index contributed by atoms with van der Waals surface area (Å²) in [4.78, 5) is 16.0. The fourth-order valence-corrected chi connectivity index (χ4v) is 8.44. The molecule has 3 nitrogen and oxygen atoms in total. The van der Waals surface area contributed by atoms with Crippen molar-refractivity contribution in [2.24, 2.45) is 0 Å². The second-order valence-corrected chi connectivity index (χ2v) is 14.7. The minimum absolute atomic E-state index is 0.661. The van der Waals surface area contributed by atoms with Gasteiger partial charge >= 0.3 is 0 Å². The standard InChI is InChI=1S/C55H35N3/c1-3-14-36(15-4-1)38-26-30-40(31-27-38)50-35-51(41-32-28-39(29-33-41)37-16-5-2-6-17-37)58-55(57-50)43-19-13-18-42(34-43)54-53-47-23-10-8-21-45(47)44-20-7-9-22-46(44)52(53)48-24-11-12-25-49(48)56-54/h1-35H.